The van der Waals surface area contributed by atoms with Crippen molar-refractivity contribution in [2.45, 2.75) is 27.3 Å². The van der Waals surface area contributed by atoms with Crippen molar-refractivity contribution in [3.63, 3.8) is 0 Å². The molecular formula is C20H20FN3O3. The molecule has 0 fully saturated rings. The number of hydrogen-bond donors (Lipinski definition) is 1. The van der Waals surface area contributed by atoms with E-state index in [9.17, 15) is 19.2 Å². The number of amides is 1. The molecule has 1 N–H and O–H groups in total. The van der Waals surface area contributed by atoms with Gasteiger partial charge >= 0.3 is 5.97 Å². The van der Waals surface area contributed by atoms with Gasteiger partial charge in [-0.2, -0.15) is 5.26 Å². The summed E-state index contributed by atoms with van der Waals surface area (Å²) in [6, 6.07) is 8.08. The molecule has 1 aromatic heterocycles. The fourth-order valence-electron chi connectivity index (χ4n) is 2.59. The van der Waals surface area contributed by atoms with E-state index in [1.165, 1.54) is 24.3 Å². The van der Waals surface area contributed by atoms with Gasteiger partial charge in [-0.25, -0.2) is 9.18 Å². The Hall–Kier alpha value is -3.40. The van der Waals surface area contributed by atoms with Gasteiger partial charge in [-0.05, 0) is 44.0 Å². The topological polar surface area (TPSA) is 84.1 Å². The van der Waals surface area contributed by atoms with Crippen LogP contribution >= 0.6 is 0 Å². The smallest absolute Gasteiger partial charge is 0.330 e. The van der Waals surface area contributed by atoms with Crippen LogP contribution in [0.5, 0.6) is 0 Å². The number of aromatic nitrogens is 1. The van der Waals surface area contributed by atoms with Gasteiger partial charge in [-0.1, -0.05) is 18.2 Å². The Morgan fingerprint density at radius 2 is 1.96 bits per heavy atom. The lowest BCUT2D eigenvalue weighted by molar-refractivity contribution is -0.142. The molecule has 6 nitrogen and oxygen atoms in total. The summed E-state index contributed by atoms with van der Waals surface area (Å²) >= 11 is 0. The van der Waals surface area contributed by atoms with E-state index in [4.69, 9.17) is 4.74 Å². The summed E-state index contributed by atoms with van der Waals surface area (Å²) in [5, 5.41) is 12.1. The first-order chi connectivity index (χ1) is 12.9. The molecule has 1 amide bonds. The third-order valence-corrected chi connectivity index (χ3v) is 4.10. The van der Waals surface area contributed by atoms with Gasteiger partial charge in [0.15, 0.2) is 6.61 Å². The maximum Gasteiger partial charge on any atom is 0.330 e. The number of ether oxygens (including phenoxy) is 1. The van der Waals surface area contributed by atoms with Crippen LogP contribution in [0.2, 0.25) is 0 Å². The first-order valence-electron chi connectivity index (χ1n) is 8.30. The number of esters is 1. The van der Waals surface area contributed by atoms with Crippen LogP contribution < -0.4 is 5.32 Å². The molecule has 7 heteroatoms. The van der Waals surface area contributed by atoms with E-state index in [1.54, 1.807) is 30.5 Å². The highest BCUT2D eigenvalue weighted by atomic mass is 19.1. The molecule has 0 atom stereocenters. The molecule has 0 spiro atoms. The Morgan fingerprint density at radius 1 is 1.30 bits per heavy atom. The van der Waals surface area contributed by atoms with E-state index in [1.807, 2.05) is 6.92 Å². The summed E-state index contributed by atoms with van der Waals surface area (Å²) in [4.78, 5) is 23.5. The zero-order chi connectivity index (χ0) is 20.0. The lowest BCUT2D eigenvalue weighted by Crippen LogP contribution is -2.22. The monoisotopic (exact) mass is 369 g/mol. The molecule has 0 aliphatic heterocycles. The highest BCUT2D eigenvalue weighted by molar-refractivity contribution is 5.94. The Morgan fingerprint density at radius 3 is 2.56 bits per heavy atom. The molecule has 0 saturated heterocycles. The van der Waals surface area contributed by atoms with Crippen molar-refractivity contribution >= 4 is 17.7 Å². The van der Waals surface area contributed by atoms with Crippen molar-refractivity contribution in [1.82, 2.24) is 4.57 Å². The Bertz CT molecular complexity index is 921. The summed E-state index contributed by atoms with van der Waals surface area (Å²) in [7, 11) is 0. The number of carbonyl (C=O) groups is 2. The van der Waals surface area contributed by atoms with Crippen LogP contribution in [-0.2, 0) is 20.9 Å². The largest absolute Gasteiger partial charge is 0.452 e. The highest BCUT2D eigenvalue weighted by Gasteiger charge is 2.20. The average Bonchev–Trinajstić information content (AvgIpc) is 2.86. The first-order valence-corrected chi connectivity index (χ1v) is 8.30. The van der Waals surface area contributed by atoms with Crippen LogP contribution in [0.15, 0.2) is 36.4 Å². The maximum atomic E-state index is 13.1. The van der Waals surface area contributed by atoms with E-state index >= 15 is 0 Å². The first kappa shape index (κ1) is 19.9. The Kier molecular flexibility index (Phi) is 6.50. The standard InChI is InChI=1S/C20H20FN3O3/c1-4-5-19(26)27-12-18(25)23-20-17(10-22)13(2)14(3)24(20)11-15-6-8-16(21)9-7-15/h4-9H,11-12H2,1-3H3,(H,23,25)/b5-4+. The van der Waals surface area contributed by atoms with Gasteiger partial charge in [0.25, 0.3) is 5.91 Å². The second-order valence-corrected chi connectivity index (χ2v) is 5.91. The van der Waals surface area contributed by atoms with Crippen molar-refractivity contribution in [3.8, 4) is 6.07 Å². The third-order valence-electron chi connectivity index (χ3n) is 4.10. The number of allylic oxidation sites excluding steroid dienone is 1. The van der Waals surface area contributed by atoms with Crippen molar-refractivity contribution in [2.24, 2.45) is 0 Å². The fraction of sp³-hybridized carbons (Fsp3) is 0.250. The summed E-state index contributed by atoms with van der Waals surface area (Å²) in [6.45, 7) is 5.17. The van der Waals surface area contributed by atoms with Gasteiger partial charge in [0.05, 0.1) is 5.56 Å². The zero-order valence-corrected chi connectivity index (χ0v) is 15.4. The molecule has 0 saturated carbocycles. The average molecular weight is 369 g/mol. The molecule has 0 unspecified atom stereocenters. The van der Waals surface area contributed by atoms with E-state index in [0.29, 0.717) is 17.9 Å². The number of rotatable bonds is 6. The van der Waals surface area contributed by atoms with Crippen LogP contribution in [0.3, 0.4) is 0 Å². The van der Waals surface area contributed by atoms with Crippen molar-refractivity contribution < 1.29 is 18.7 Å². The van der Waals surface area contributed by atoms with Gasteiger partial charge in [-0.3, -0.25) is 4.79 Å². The van der Waals surface area contributed by atoms with Gasteiger partial charge in [0.1, 0.15) is 17.7 Å². The highest BCUT2D eigenvalue weighted by Crippen LogP contribution is 2.27. The lowest BCUT2D eigenvalue weighted by Gasteiger charge is -2.13. The Labute approximate surface area is 156 Å². The predicted octanol–water partition coefficient (Wildman–Crippen LogP) is 3.22. The number of hydrogen-bond acceptors (Lipinski definition) is 4. The normalized spacial score (nSPS) is 10.6. The summed E-state index contributed by atoms with van der Waals surface area (Å²) in [5.74, 6) is -1.19. The number of nitrogens with zero attached hydrogens (tertiary/aromatic N) is 2. The van der Waals surface area contributed by atoms with Crippen molar-refractivity contribution in [2.75, 3.05) is 11.9 Å². The van der Waals surface area contributed by atoms with Crippen molar-refractivity contribution in [3.05, 3.63) is 64.6 Å². The minimum Gasteiger partial charge on any atom is -0.452 e. The van der Waals surface area contributed by atoms with E-state index < -0.39 is 18.5 Å². The lowest BCUT2D eigenvalue weighted by atomic mass is 10.2. The predicted molar refractivity (Wildman–Crippen MR) is 98.5 cm³/mol. The number of nitrogens with one attached hydrogen (secondary N) is 1. The molecule has 0 radical (unpaired) electrons. The SMILES string of the molecule is C/C=C/C(=O)OCC(=O)Nc1c(C#N)c(C)c(C)n1Cc1ccc(F)cc1. The van der Waals surface area contributed by atoms with Gasteiger partial charge in [0, 0.05) is 18.3 Å². The molecular weight excluding hydrogens is 349 g/mol. The van der Waals surface area contributed by atoms with Crippen LogP contribution in [0.25, 0.3) is 0 Å². The minimum absolute atomic E-state index is 0.323. The Balaban J connectivity index is 2.27. The fourth-order valence-corrected chi connectivity index (χ4v) is 2.59. The second kappa shape index (κ2) is 8.81. The number of benzene rings is 1. The molecule has 0 aliphatic carbocycles. The van der Waals surface area contributed by atoms with Crippen molar-refractivity contribution in [1.29, 1.82) is 5.26 Å². The van der Waals surface area contributed by atoms with Crippen LogP contribution in [0.1, 0.15) is 29.3 Å². The van der Waals surface area contributed by atoms with E-state index in [0.717, 1.165) is 16.8 Å². The zero-order valence-electron chi connectivity index (χ0n) is 15.4. The van der Waals surface area contributed by atoms with E-state index in [-0.39, 0.29) is 5.82 Å². The maximum absolute atomic E-state index is 13.1. The van der Waals surface area contributed by atoms with Gasteiger partial charge in [-0.15, -0.1) is 0 Å². The summed E-state index contributed by atoms with van der Waals surface area (Å²) in [6.07, 6.45) is 2.72. The van der Waals surface area contributed by atoms with E-state index in [2.05, 4.69) is 11.4 Å². The van der Waals surface area contributed by atoms with Gasteiger partial charge < -0.3 is 14.6 Å². The molecule has 2 rings (SSSR count). The minimum atomic E-state index is -0.623. The molecule has 0 aliphatic rings. The molecule has 27 heavy (non-hydrogen) atoms. The number of anilines is 1. The summed E-state index contributed by atoms with van der Waals surface area (Å²) in [5.41, 5.74) is 2.69. The quantitative estimate of drug-likeness (QED) is 0.626. The summed E-state index contributed by atoms with van der Waals surface area (Å²) < 4.78 is 19.7. The number of halogens is 1. The van der Waals surface area contributed by atoms with Gasteiger partial charge in [0.2, 0.25) is 0 Å². The molecule has 2 aromatic rings. The van der Waals surface area contributed by atoms with Crippen LogP contribution in [0, 0.1) is 31.0 Å². The van der Waals surface area contributed by atoms with Crippen LogP contribution in [0.4, 0.5) is 10.2 Å². The molecule has 1 aromatic carbocycles. The molecule has 0 bridgehead atoms. The number of carbonyl (C=O) groups excluding carboxylic acids is 2. The number of nitriles is 1. The second-order valence-electron chi connectivity index (χ2n) is 5.91. The molecule has 1 heterocycles. The molecule has 140 valence electrons. The third kappa shape index (κ3) is 4.82. The van der Waals surface area contributed by atoms with Crippen LogP contribution in [-0.4, -0.2) is 23.1 Å².